The lowest BCUT2D eigenvalue weighted by atomic mass is 9.79. The number of hydrogen-bond acceptors (Lipinski definition) is 8. The minimum atomic E-state index is -3.60. The van der Waals surface area contributed by atoms with Crippen molar-refractivity contribution in [2.24, 2.45) is 0 Å². The van der Waals surface area contributed by atoms with Crippen molar-refractivity contribution in [2.45, 2.75) is 54.9 Å². The molecule has 0 spiro atoms. The van der Waals surface area contributed by atoms with Crippen LogP contribution in [0.1, 0.15) is 42.1 Å². The van der Waals surface area contributed by atoms with Gasteiger partial charge in [0.2, 0.25) is 5.88 Å². The van der Waals surface area contributed by atoms with Gasteiger partial charge in [-0.1, -0.05) is 29.3 Å². The molecule has 4 rings (SSSR count). The molecule has 1 fully saturated rings. The summed E-state index contributed by atoms with van der Waals surface area (Å²) in [6.45, 7) is 1.43. The molecule has 2 aromatic heterocycles. The van der Waals surface area contributed by atoms with Gasteiger partial charge in [0.25, 0.3) is 6.47 Å². The average molecular weight is 582 g/mol. The number of sulfone groups is 1. The second-order valence-corrected chi connectivity index (χ2v) is 11.9. The molecule has 0 radical (unpaired) electrons. The summed E-state index contributed by atoms with van der Waals surface area (Å²) in [5.74, 6) is 0.564. The zero-order valence-corrected chi connectivity index (χ0v) is 23.6. The Bertz CT molecular complexity index is 1340. The Kier molecular flexibility index (Phi) is 10.4. The Hall–Kier alpha value is -2.79. The Morgan fingerprint density at radius 3 is 2.47 bits per heavy atom. The van der Waals surface area contributed by atoms with Crippen LogP contribution in [0.15, 0.2) is 53.8 Å². The van der Waals surface area contributed by atoms with Crippen molar-refractivity contribution in [1.29, 1.82) is 0 Å². The number of likely N-dealkylation sites (N-methyl/N-ethyl adjacent to an activating group) is 1. The normalized spacial score (nSPS) is 19.4. The molecule has 0 saturated heterocycles. The van der Waals surface area contributed by atoms with Crippen LogP contribution in [0.3, 0.4) is 0 Å². The van der Waals surface area contributed by atoms with Crippen LogP contribution in [0, 0.1) is 6.92 Å². The maximum atomic E-state index is 12.9. The van der Waals surface area contributed by atoms with Crippen molar-refractivity contribution in [1.82, 2.24) is 19.9 Å². The molecule has 1 aromatic carbocycles. The Balaban J connectivity index is 0.00000127. The highest BCUT2D eigenvalue weighted by Crippen LogP contribution is 2.38. The first-order valence-electron chi connectivity index (χ1n) is 11.9. The van der Waals surface area contributed by atoms with Crippen molar-refractivity contribution in [3.05, 3.63) is 75.9 Å². The number of carbonyl (C=O) groups is 1. The highest BCUT2D eigenvalue weighted by molar-refractivity contribution is 7.90. The maximum absolute atomic E-state index is 12.9. The summed E-state index contributed by atoms with van der Waals surface area (Å²) in [5.41, 5.74) is 2.02. The van der Waals surface area contributed by atoms with E-state index in [-0.39, 0.29) is 29.3 Å². The third-order valence-corrected chi connectivity index (χ3v) is 8.95. The van der Waals surface area contributed by atoms with Crippen LogP contribution >= 0.6 is 23.2 Å². The molecule has 0 unspecified atom stereocenters. The fraction of sp³-hybridized carbons (Fsp3) is 0.385. The van der Waals surface area contributed by atoms with Gasteiger partial charge in [-0.2, -0.15) is 0 Å². The van der Waals surface area contributed by atoms with Crippen LogP contribution in [-0.4, -0.2) is 66.1 Å². The summed E-state index contributed by atoms with van der Waals surface area (Å²) in [6, 6.07) is 10.8. The smallest absolute Gasteiger partial charge is 0.290 e. The van der Waals surface area contributed by atoms with Gasteiger partial charge in [0.05, 0.1) is 32.1 Å². The van der Waals surface area contributed by atoms with Gasteiger partial charge in [-0.3, -0.25) is 4.79 Å². The van der Waals surface area contributed by atoms with Gasteiger partial charge < -0.3 is 14.7 Å². The second kappa shape index (κ2) is 13.3. The van der Waals surface area contributed by atoms with Crippen molar-refractivity contribution < 1.29 is 23.1 Å². The van der Waals surface area contributed by atoms with Crippen LogP contribution in [0.5, 0.6) is 5.88 Å². The third-order valence-electron chi connectivity index (χ3n) is 6.43. The maximum Gasteiger partial charge on any atom is 0.290 e. The lowest BCUT2D eigenvalue weighted by Gasteiger charge is -2.39. The monoisotopic (exact) mass is 580 g/mol. The molecule has 204 valence electrons. The van der Waals surface area contributed by atoms with E-state index in [9.17, 15) is 8.42 Å². The second-order valence-electron chi connectivity index (χ2n) is 9.17. The Morgan fingerprint density at radius 2 is 1.87 bits per heavy atom. The molecular formula is C26H30Cl2N4O5S. The van der Waals surface area contributed by atoms with Crippen molar-refractivity contribution in [3.8, 4) is 5.88 Å². The number of ether oxygens (including phenoxy) is 1. The third kappa shape index (κ3) is 7.63. The molecule has 3 atom stereocenters. The molecule has 1 aliphatic rings. The van der Waals surface area contributed by atoms with E-state index in [0.29, 0.717) is 33.2 Å². The number of aromatic nitrogens is 3. The molecular weight excluding hydrogens is 551 g/mol. The van der Waals surface area contributed by atoms with Gasteiger partial charge in [-0.05, 0) is 76.0 Å². The minimum absolute atomic E-state index is 0.0700. The number of halogens is 2. The lowest BCUT2D eigenvalue weighted by molar-refractivity contribution is -0.122. The van der Waals surface area contributed by atoms with Crippen LogP contribution in [0.2, 0.25) is 10.0 Å². The summed E-state index contributed by atoms with van der Waals surface area (Å²) < 4.78 is 32.1. The largest absolute Gasteiger partial charge is 0.483 e. The topological polar surface area (TPSA) is 123 Å². The molecule has 38 heavy (non-hydrogen) atoms. The van der Waals surface area contributed by atoms with E-state index < -0.39 is 9.84 Å². The SMILES string of the molecule is Cc1nc(O[C@H]2CC[C@H](c3ccc(Cl)c(Cl)c3)C[C@@H]2N(C)C)ccc1S(=O)(=O)Cc1ccncn1.O=CO. The summed E-state index contributed by atoms with van der Waals surface area (Å²) in [4.78, 5) is 23.0. The van der Waals surface area contributed by atoms with E-state index in [2.05, 4.69) is 19.9 Å². The van der Waals surface area contributed by atoms with E-state index in [1.807, 2.05) is 32.3 Å². The zero-order valence-electron chi connectivity index (χ0n) is 21.3. The number of rotatable bonds is 7. The van der Waals surface area contributed by atoms with E-state index in [4.69, 9.17) is 37.8 Å². The number of benzene rings is 1. The molecule has 3 aromatic rings. The van der Waals surface area contributed by atoms with Gasteiger partial charge >= 0.3 is 0 Å². The predicted octanol–water partition coefficient (Wildman–Crippen LogP) is 4.81. The number of pyridine rings is 1. The van der Waals surface area contributed by atoms with E-state index >= 15 is 0 Å². The first-order chi connectivity index (χ1) is 18.1. The first-order valence-corrected chi connectivity index (χ1v) is 14.3. The van der Waals surface area contributed by atoms with Crippen LogP contribution in [-0.2, 0) is 20.4 Å². The van der Waals surface area contributed by atoms with E-state index in [1.165, 1.54) is 18.1 Å². The van der Waals surface area contributed by atoms with E-state index in [1.54, 1.807) is 25.1 Å². The molecule has 9 nitrogen and oxygen atoms in total. The van der Waals surface area contributed by atoms with Crippen molar-refractivity contribution >= 4 is 39.5 Å². The van der Waals surface area contributed by atoms with Crippen molar-refractivity contribution in [3.63, 3.8) is 0 Å². The minimum Gasteiger partial charge on any atom is -0.483 e. The van der Waals surface area contributed by atoms with Crippen LogP contribution in [0.4, 0.5) is 0 Å². The molecule has 0 aliphatic heterocycles. The van der Waals surface area contributed by atoms with Gasteiger partial charge in [0.15, 0.2) is 9.84 Å². The van der Waals surface area contributed by atoms with Gasteiger partial charge in [-0.15, -0.1) is 0 Å². The molecule has 0 bridgehead atoms. The van der Waals surface area contributed by atoms with E-state index in [0.717, 1.165) is 19.3 Å². The molecule has 1 N–H and O–H groups in total. The molecule has 1 aliphatic carbocycles. The number of nitrogens with zero attached hydrogens (tertiary/aromatic N) is 4. The van der Waals surface area contributed by atoms with Gasteiger partial charge in [0, 0.05) is 18.3 Å². The zero-order chi connectivity index (χ0) is 27.9. The number of carboxylic acid groups (broad SMARTS) is 1. The van der Waals surface area contributed by atoms with Gasteiger partial charge in [0.1, 0.15) is 12.4 Å². The summed E-state index contributed by atoms with van der Waals surface area (Å²) in [6.07, 6.45) is 5.47. The van der Waals surface area contributed by atoms with Gasteiger partial charge in [-0.25, -0.2) is 23.4 Å². The molecule has 0 amide bonds. The highest BCUT2D eigenvalue weighted by Gasteiger charge is 2.34. The fourth-order valence-electron chi connectivity index (χ4n) is 4.62. The average Bonchev–Trinajstić information content (AvgIpc) is 2.86. The fourth-order valence-corrected chi connectivity index (χ4v) is 6.41. The Labute approximate surface area is 232 Å². The summed E-state index contributed by atoms with van der Waals surface area (Å²) >= 11 is 12.3. The summed E-state index contributed by atoms with van der Waals surface area (Å²) in [7, 11) is 0.483. The Morgan fingerprint density at radius 1 is 1.13 bits per heavy atom. The molecule has 12 heteroatoms. The summed E-state index contributed by atoms with van der Waals surface area (Å²) in [5, 5.41) is 8.01. The lowest BCUT2D eigenvalue weighted by Crippen LogP contribution is -2.46. The number of hydrogen-bond donors (Lipinski definition) is 1. The van der Waals surface area contributed by atoms with Crippen LogP contribution in [0.25, 0.3) is 0 Å². The quantitative estimate of drug-likeness (QED) is 0.392. The standard InChI is InChI=1S/C25H28Cl2N4O3S.CH2O2/c1-16-24(35(32,33)14-19-10-11-28-15-29-19)8-9-25(30-16)34-23-7-5-18(13-22(23)31(2)3)17-4-6-20(26)21(27)12-17;2-1-3/h4,6,8-12,15,18,22-23H,5,7,13-14H2,1-3H3;1H,(H,2,3)/t18-,22-,23-;/m0./s1. The molecule has 1 saturated carbocycles. The first kappa shape index (κ1) is 29.8. The van der Waals surface area contributed by atoms with Crippen LogP contribution < -0.4 is 4.74 Å². The highest BCUT2D eigenvalue weighted by atomic mass is 35.5. The van der Waals surface area contributed by atoms with Crippen molar-refractivity contribution in [2.75, 3.05) is 14.1 Å². The number of aryl methyl sites for hydroxylation is 1. The molecule has 2 heterocycles. The predicted molar refractivity (Wildman–Crippen MR) is 146 cm³/mol.